The Kier molecular flexibility index (Phi) is 6.99. The van der Waals surface area contributed by atoms with Crippen molar-refractivity contribution in [2.75, 3.05) is 11.5 Å². The maximum atomic E-state index is 9.85. The van der Waals surface area contributed by atoms with Crippen LogP contribution in [-0.4, -0.2) is 28.0 Å². The van der Waals surface area contributed by atoms with Gasteiger partial charge in [-0.3, -0.25) is 0 Å². The Morgan fingerprint density at radius 3 is 1.50 bits per heavy atom. The normalized spacial score (nSPS) is 32.5. The lowest BCUT2D eigenvalue weighted by Crippen LogP contribution is -2.37. The van der Waals surface area contributed by atoms with Gasteiger partial charge in [0, 0.05) is 11.8 Å². The molecule has 0 aromatic rings. The lowest BCUT2D eigenvalue weighted by Gasteiger charge is -2.31. The van der Waals surface area contributed by atoms with Gasteiger partial charge >= 0.3 is 0 Å². The molecule has 1 nitrogen and oxygen atoms in total. The summed E-state index contributed by atoms with van der Waals surface area (Å²) >= 11 is 0. The molecule has 0 spiro atoms. The summed E-state index contributed by atoms with van der Waals surface area (Å²) < 4.78 is 0. The molecule has 0 unspecified atom stereocenters. The zero-order valence-corrected chi connectivity index (χ0v) is 15.3. The van der Waals surface area contributed by atoms with E-state index in [2.05, 4.69) is 0 Å². The maximum absolute atomic E-state index is 9.85. The highest BCUT2D eigenvalue weighted by atomic mass is 32.2. The van der Waals surface area contributed by atoms with Crippen LogP contribution in [0.15, 0.2) is 0 Å². The standard InChI is InChI=1S/C20H37OS/c21-19-11-13-20(14-12-19)22(15-17-7-3-1-4-8-17)16-18-9-5-2-6-10-18/h17-21H,1-16H2/q+1. The van der Waals surface area contributed by atoms with E-state index in [1.54, 1.807) is 11.5 Å². The first-order valence-corrected chi connectivity index (χ1v) is 11.8. The fraction of sp³-hybridized carbons (Fsp3) is 1.00. The van der Waals surface area contributed by atoms with Gasteiger partial charge < -0.3 is 5.11 Å². The quantitative estimate of drug-likeness (QED) is 0.700. The van der Waals surface area contributed by atoms with Crippen LogP contribution in [-0.2, 0) is 10.9 Å². The van der Waals surface area contributed by atoms with Crippen LogP contribution in [0.3, 0.4) is 0 Å². The van der Waals surface area contributed by atoms with Crippen LogP contribution < -0.4 is 0 Å². The Hall–Kier alpha value is 0.310. The highest BCUT2D eigenvalue weighted by Crippen LogP contribution is 2.34. The molecular formula is C20H37OS+. The SMILES string of the molecule is OC1CCC([S+](CC2CCCCC2)CC2CCCCC2)CC1. The Morgan fingerprint density at radius 2 is 1.05 bits per heavy atom. The third kappa shape index (κ3) is 5.16. The summed E-state index contributed by atoms with van der Waals surface area (Å²) in [5.41, 5.74) is 0. The van der Waals surface area contributed by atoms with Crippen LogP contribution in [0.4, 0.5) is 0 Å². The van der Waals surface area contributed by atoms with Crippen LogP contribution in [0.5, 0.6) is 0 Å². The molecule has 3 saturated carbocycles. The number of rotatable bonds is 5. The molecule has 3 aliphatic rings. The van der Waals surface area contributed by atoms with E-state index in [1.165, 1.54) is 77.0 Å². The van der Waals surface area contributed by atoms with E-state index < -0.39 is 0 Å². The molecule has 0 aromatic carbocycles. The Morgan fingerprint density at radius 1 is 0.591 bits per heavy atom. The zero-order chi connectivity index (χ0) is 15.2. The second-order valence-corrected chi connectivity index (χ2v) is 10.7. The predicted octanol–water partition coefficient (Wildman–Crippen LogP) is 5.07. The first kappa shape index (κ1) is 17.1. The summed E-state index contributed by atoms with van der Waals surface area (Å²) in [4.78, 5) is 0. The van der Waals surface area contributed by atoms with Crippen LogP contribution in [0.25, 0.3) is 0 Å². The second-order valence-electron chi connectivity index (χ2n) is 8.31. The van der Waals surface area contributed by atoms with Crippen LogP contribution in [0.2, 0.25) is 0 Å². The van der Waals surface area contributed by atoms with E-state index in [-0.39, 0.29) is 6.10 Å². The third-order valence-electron chi connectivity index (χ3n) is 6.46. The van der Waals surface area contributed by atoms with Crippen molar-refractivity contribution < 1.29 is 5.11 Å². The summed E-state index contributed by atoms with van der Waals surface area (Å²) in [6, 6.07) is 0. The Labute approximate surface area is 141 Å². The minimum absolute atomic E-state index is 0.0195. The van der Waals surface area contributed by atoms with Crippen molar-refractivity contribution in [2.24, 2.45) is 11.8 Å². The molecule has 3 fully saturated rings. The molecule has 0 heterocycles. The Balaban J connectivity index is 1.56. The van der Waals surface area contributed by atoms with Crippen molar-refractivity contribution in [3.63, 3.8) is 0 Å². The van der Waals surface area contributed by atoms with E-state index in [0.717, 1.165) is 29.9 Å². The average molecular weight is 326 g/mol. The first-order chi connectivity index (χ1) is 10.8. The van der Waals surface area contributed by atoms with Gasteiger partial charge in [-0.05, 0) is 62.3 Å². The molecule has 0 radical (unpaired) electrons. The molecule has 0 atom stereocenters. The van der Waals surface area contributed by atoms with Gasteiger partial charge in [0.2, 0.25) is 0 Å². The highest BCUT2D eigenvalue weighted by molar-refractivity contribution is 7.97. The van der Waals surface area contributed by atoms with Crippen molar-refractivity contribution in [3.05, 3.63) is 0 Å². The Bertz CT molecular complexity index is 279. The molecule has 1 N–H and O–H groups in total. The molecule has 0 bridgehead atoms. The smallest absolute Gasteiger partial charge is 0.118 e. The summed E-state index contributed by atoms with van der Waals surface area (Å²) in [7, 11) is 0.668. The molecule has 3 rings (SSSR count). The van der Waals surface area contributed by atoms with Gasteiger partial charge in [0.1, 0.15) is 16.8 Å². The van der Waals surface area contributed by atoms with Crippen molar-refractivity contribution in [3.8, 4) is 0 Å². The van der Waals surface area contributed by atoms with Gasteiger partial charge in [-0.25, -0.2) is 0 Å². The number of aliphatic hydroxyl groups excluding tert-OH is 1. The van der Waals surface area contributed by atoms with E-state index in [4.69, 9.17) is 0 Å². The van der Waals surface area contributed by atoms with Crippen molar-refractivity contribution >= 4 is 10.9 Å². The summed E-state index contributed by atoms with van der Waals surface area (Å²) in [5, 5.41) is 10.8. The third-order valence-corrected chi connectivity index (χ3v) is 9.68. The molecular weight excluding hydrogens is 288 g/mol. The van der Waals surface area contributed by atoms with E-state index in [0.29, 0.717) is 10.9 Å². The molecule has 22 heavy (non-hydrogen) atoms. The molecule has 0 aromatic heterocycles. The van der Waals surface area contributed by atoms with Gasteiger partial charge in [0.05, 0.1) is 6.10 Å². The van der Waals surface area contributed by atoms with Gasteiger partial charge in [-0.15, -0.1) is 0 Å². The van der Waals surface area contributed by atoms with Gasteiger partial charge in [-0.2, -0.15) is 0 Å². The van der Waals surface area contributed by atoms with E-state index >= 15 is 0 Å². The number of hydrogen-bond donors (Lipinski definition) is 1. The van der Waals surface area contributed by atoms with E-state index in [1.807, 2.05) is 0 Å². The molecule has 2 heteroatoms. The largest absolute Gasteiger partial charge is 0.393 e. The fourth-order valence-electron chi connectivity index (χ4n) is 5.03. The average Bonchev–Trinajstić information content (AvgIpc) is 2.57. The van der Waals surface area contributed by atoms with Crippen molar-refractivity contribution in [1.82, 2.24) is 0 Å². The van der Waals surface area contributed by atoms with Gasteiger partial charge in [0.25, 0.3) is 0 Å². The molecule has 0 saturated heterocycles. The van der Waals surface area contributed by atoms with Crippen LogP contribution >= 0.6 is 0 Å². The van der Waals surface area contributed by atoms with Crippen molar-refractivity contribution in [1.29, 1.82) is 0 Å². The fourth-order valence-corrected chi connectivity index (χ4v) is 8.53. The zero-order valence-electron chi connectivity index (χ0n) is 14.5. The molecule has 128 valence electrons. The van der Waals surface area contributed by atoms with E-state index in [9.17, 15) is 5.11 Å². The van der Waals surface area contributed by atoms with Crippen LogP contribution in [0.1, 0.15) is 89.9 Å². The topological polar surface area (TPSA) is 20.2 Å². The van der Waals surface area contributed by atoms with Gasteiger partial charge in [-0.1, -0.05) is 38.5 Å². The van der Waals surface area contributed by atoms with Gasteiger partial charge in [0.15, 0.2) is 0 Å². The molecule has 0 aliphatic heterocycles. The molecule has 3 aliphatic carbocycles. The lowest BCUT2D eigenvalue weighted by atomic mass is 9.91. The monoisotopic (exact) mass is 325 g/mol. The lowest BCUT2D eigenvalue weighted by molar-refractivity contribution is 0.132. The molecule has 0 amide bonds. The highest BCUT2D eigenvalue weighted by Gasteiger charge is 2.38. The minimum atomic E-state index is 0.0195. The van der Waals surface area contributed by atoms with Crippen LogP contribution in [0, 0.1) is 11.8 Å². The summed E-state index contributed by atoms with van der Waals surface area (Å²) in [5.74, 6) is 5.20. The second kappa shape index (κ2) is 8.97. The minimum Gasteiger partial charge on any atom is -0.393 e. The number of aliphatic hydroxyl groups is 1. The first-order valence-electron chi connectivity index (χ1n) is 10.2. The number of hydrogen-bond acceptors (Lipinski definition) is 1. The predicted molar refractivity (Wildman–Crippen MR) is 98.5 cm³/mol. The maximum Gasteiger partial charge on any atom is 0.118 e. The summed E-state index contributed by atoms with van der Waals surface area (Å²) in [6.07, 6.45) is 19.9. The summed E-state index contributed by atoms with van der Waals surface area (Å²) in [6.45, 7) is 0. The van der Waals surface area contributed by atoms with Crippen molar-refractivity contribution in [2.45, 2.75) is 101 Å².